The third kappa shape index (κ3) is 4.33. The summed E-state index contributed by atoms with van der Waals surface area (Å²) in [6.45, 7) is 3.22. The molecule has 3 aliphatic rings. The predicted molar refractivity (Wildman–Crippen MR) is 98.9 cm³/mol. The molecule has 1 aliphatic carbocycles. The Hall–Kier alpha value is -1.92. The van der Waals surface area contributed by atoms with Crippen molar-refractivity contribution < 1.29 is 14.0 Å². The molecule has 0 spiro atoms. The second-order valence-electron chi connectivity index (χ2n) is 8.23. The van der Waals surface area contributed by atoms with E-state index in [9.17, 15) is 9.59 Å². The fourth-order valence-corrected chi connectivity index (χ4v) is 4.67. The average molecular weight is 374 g/mol. The molecule has 7 nitrogen and oxygen atoms in total. The van der Waals surface area contributed by atoms with Crippen molar-refractivity contribution in [2.75, 3.05) is 26.2 Å². The first kappa shape index (κ1) is 18.4. The molecule has 7 heteroatoms. The van der Waals surface area contributed by atoms with Crippen LogP contribution < -0.4 is 0 Å². The third-order valence-electron chi connectivity index (χ3n) is 6.35. The largest absolute Gasteiger partial charge is 0.424 e. The number of carbonyl (C=O) groups excluding carboxylic acids is 2. The normalized spacial score (nSPS) is 22.4. The Kier molecular flexibility index (Phi) is 5.74. The molecule has 0 unspecified atom stereocenters. The smallest absolute Gasteiger partial charge is 0.231 e. The van der Waals surface area contributed by atoms with Gasteiger partial charge in [-0.15, -0.1) is 10.2 Å². The summed E-state index contributed by atoms with van der Waals surface area (Å²) < 4.78 is 5.79. The van der Waals surface area contributed by atoms with E-state index in [1.54, 1.807) is 0 Å². The first-order chi connectivity index (χ1) is 13.2. The van der Waals surface area contributed by atoms with Gasteiger partial charge in [0.05, 0.1) is 0 Å². The monoisotopic (exact) mass is 374 g/mol. The van der Waals surface area contributed by atoms with E-state index in [-0.39, 0.29) is 24.2 Å². The lowest BCUT2D eigenvalue weighted by Gasteiger charge is -2.34. The molecular weight excluding hydrogens is 344 g/mol. The lowest BCUT2D eigenvalue weighted by Crippen LogP contribution is -2.41. The van der Waals surface area contributed by atoms with E-state index < -0.39 is 0 Å². The van der Waals surface area contributed by atoms with Crippen LogP contribution >= 0.6 is 0 Å². The molecule has 3 heterocycles. The Balaban J connectivity index is 1.27. The zero-order chi connectivity index (χ0) is 18.6. The number of hydrogen-bond donors (Lipinski definition) is 0. The van der Waals surface area contributed by atoms with E-state index in [1.165, 1.54) is 19.3 Å². The molecule has 1 saturated carbocycles. The van der Waals surface area contributed by atoms with Crippen molar-refractivity contribution in [1.82, 2.24) is 20.0 Å². The maximum absolute atomic E-state index is 12.7. The van der Waals surface area contributed by atoms with Gasteiger partial charge in [-0.05, 0) is 38.5 Å². The molecule has 1 aromatic heterocycles. The van der Waals surface area contributed by atoms with Crippen molar-refractivity contribution in [1.29, 1.82) is 0 Å². The Morgan fingerprint density at radius 1 is 0.852 bits per heavy atom. The molecule has 0 bridgehead atoms. The van der Waals surface area contributed by atoms with Crippen LogP contribution in [0.2, 0.25) is 0 Å². The number of rotatable bonds is 4. The van der Waals surface area contributed by atoms with Crippen LogP contribution in [0.3, 0.4) is 0 Å². The summed E-state index contributed by atoms with van der Waals surface area (Å²) in [6.07, 6.45) is 9.84. The lowest BCUT2D eigenvalue weighted by molar-refractivity contribution is -0.137. The summed E-state index contributed by atoms with van der Waals surface area (Å²) >= 11 is 0. The van der Waals surface area contributed by atoms with Crippen LogP contribution in [0.1, 0.15) is 75.5 Å². The number of aromatic nitrogens is 2. The van der Waals surface area contributed by atoms with Crippen LogP contribution in [-0.4, -0.2) is 58.0 Å². The minimum Gasteiger partial charge on any atom is -0.424 e. The number of likely N-dealkylation sites (tertiary alicyclic amines) is 2. The highest BCUT2D eigenvalue weighted by molar-refractivity contribution is 5.79. The summed E-state index contributed by atoms with van der Waals surface area (Å²) in [7, 11) is 0. The van der Waals surface area contributed by atoms with Gasteiger partial charge in [0.1, 0.15) is 6.42 Å². The van der Waals surface area contributed by atoms with Crippen LogP contribution in [0, 0.1) is 5.92 Å². The molecule has 3 fully saturated rings. The number of piperidine rings is 1. The quantitative estimate of drug-likeness (QED) is 0.809. The van der Waals surface area contributed by atoms with Gasteiger partial charge >= 0.3 is 0 Å². The van der Waals surface area contributed by atoms with Gasteiger partial charge in [0, 0.05) is 38.0 Å². The average Bonchev–Trinajstić information content (AvgIpc) is 3.40. The number of nitrogens with zero attached hydrogens (tertiary/aromatic N) is 4. The lowest BCUT2D eigenvalue weighted by atomic mass is 9.87. The number of carbonyl (C=O) groups is 2. The summed E-state index contributed by atoms with van der Waals surface area (Å²) in [5.41, 5.74) is 0. The Morgan fingerprint density at radius 2 is 1.56 bits per heavy atom. The number of hydrogen-bond acceptors (Lipinski definition) is 5. The van der Waals surface area contributed by atoms with Gasteiger partial charge in [-0.2, -0.15) is 0 Å². The van der Waals surface area contributed by atoms with Gasteiger partial charge in [-0.25, -0.2) is 0 Å². The third-order valence-corrected chi connectivity index (χ3v) is 6.35. The van der Waals surface area contributed by atoms with Crippen molar-refractivity contribution in [3.8, 4) is 0 Å². The van der Waals surface area contributed by atoms with Crippen molar-refractivity contribution in [3.05, 3.63) is 11.8 Å². The summed E-state index contributed by atoms with van der Waals surface area (Å²) in [5.74, 6) is 1.91. The standard InChI is InChI=1S/C20H30N4O3/c25-18(23-10-4-5-11-23)14-17-21-22-19(27-17)15-8-12-24(13-9-15)20(26)16-6-2-1-3-7-16/h15-16H,1-14H2. The zero-order valence-corrected chi connectivity index (χ0v) is 16.1. The Morgan fingerprint density at radius 3 is 2.26 bits per heavy atom. The molecule has 0 aromatic carbocycles. The van der Waals surface area contributed by atoms with Gasteiger partial charge in [-0.1, -0.05) is 19.3 Å². The predicted octanol–water partition coefficient (Wildman–Crippen LogP) is 2.52. The van der Waals surface area contributed by atoms with Gasteiger partial charge in [0.15, 0.2) is 0 Å². The van der Waals surface area contributed by atoms with Crippen molar-refractivity contribution in [2.24, 2.45) is 5.92 Å². The van der Waals surface area contributed by atoms with Crippen LogP contribution in [0.15, 0.2) is 4.42 Å². The Bertz CT molecular complexity index is 654. The topological polar surface area (TPSA) is 79.5 Å². The highest BCUT2D eigenvalue weighted by atomic mass is 16.4. The minimum absolute atomic E-state index is 0.0793. The van der Waals surface area contributed by atoms with E-state index in [0.717, 1.165) is 64.7 Å². The second kappa shape index (κ2) is 8.40. The molecule has 2 saturated heterocycles. The molecule has 27 heavy (non-hydrogen) atoms. The molecule has 4 rings (SSSR count). The summed E-state index contributed by atoms with van der Waals surface area (Å²) in [5, 5.41) is 8.27. The second-order valence-corrected chi connectivity index (χ2v) is 8.23. The van der Waals surface area contributed by atoms with Crippen molar-refractivity contribution >= 4 is 11.8 Å². The molecule has 0 radical (unpaired) electrons. The molecule has 2 amide bonds. The van der Waals surface area contributed by atoms with Crippen molar-refractivity contribution in [3.63, 3.8) is 0 Å². The zero-order valence-electron chi connectivity index (χ0n) is 16.1. The molecule has 2 aliphatic heterocycles. The highest BCUT2D eigenvalue weighted by Gasteiger charge is 2.31. The molecule has 1 aromatic rings. The molecule has 0 atom stereocenters. The summed E-state index contributed by atoms with van der Waals surface area (Å²) in [6, 6.07) is 0. The van der Waals surface area contributed by atoms with Crippen LogP contribution in [-0.2, 0) is 16.0 Å². The van der Waals surface area contributed by atoms with Crippen LogP contribution in [0.5, 0.6) is 0 Å². The van der Waals surface area contributed by atoms with Gasteiger partial charge in [0.2, 0.25) is 23.6 Å². The van der Waals surface area contributed by atoms with E-state index in [0.29, 0.717) is 17.7 Å². The fourth-order valence-electron chi connectivity index (χ4n) is 4.67. The first-order valence-electron chi connectivity index (χ1n) is 10.6. The van der Waals surface area contributed by atoms with E-state index in [1.807, 2.05) is 9.80 Å². The van der Waals surface area contributed by atoms with E-state index >= 15 is 0 Å². The van der Waals surface area contributed by atoms with Crippen LogP contribution in [0.25, 0.3) is 0 Å². The molecule has 0 N–H and O–H groups in total. The fraction of sp³-hybridized carbons (Fsp3) is 0.800. The SMILES string of the molecule is O=C(Cc1nnc(C2CCN(C(=O)C3CCCCC3)CC2)o1)N1CCCC1. The maximum atomic E-state index is 12.7. The maximum Gasteiger partial charge on any atom is 0.231 e. The number of amides is 2. The van der Waals surface area contributed by atoms with E-state index in [4.69, 9.17) is 4.42 Å². The Labute approximate surface area is 160 Å². The first-order valence-corrected chi connectivity index (χ1v) is 10.6. The van der Waals surface area contributed by atoms with Gasteiger partial charge < -0.3 is 14.2 Å². The molecule has 148 valence electrons. The summed E-state index contributed by atoms with van der Waals surface area (Å²) in [4.78, 5) is 28.8. The molecular formula is C20H30N4O3. The van der Waals surface area contributed by atoms with Crippen molar-refractivity contribution in [2.45, 2.75) is 70.1 Å². The van der Waals surface area contributed by atoms with E-state index in [2.05, 4.69) is 10.2 Å². The minimum atomic E-state index is 0.0793. The van der Waals surface area contributed by atoms with Gasteiger partial charge in [-0.3, -0.25) is 9.59 Å². The van der Waals surface area contributed by atoms with Gasteiger partial charge in [0.25, 0.3) is 0 Å². The van der Waals surface area contributed by atoms with Crippen LogP contribution in [0.4, 0.5) is 0 Å². The highest BCUT2D eigenvalue weighted by Crippen LogP contribution is 2.30.